The highest BCUT2D eigenvalue weighted by molar-refractivity contribution is 5.66. The summed E-state index contributed by atoms with van der Waals surface area (Å²) in [7, 11) is 0. The van der Waals surface area contributed by atoms with Crippen molar-refractivity contribution in [1.82, 2.24) is 9.55 Å². The molecule has 170 valence electrons. The summed E-state index contributed by atoms with van der Waals surface area (Å²) < 4.78 is 7.45. The molecule has 0 aliphatic heterocycles. The number of rotatable bonds is 11. The average Bonchev–Trinajstić information content (AvgIpc) is 3.31. The van der Waals surface area contributed by atoms with Crippen molar-refractivity contribution in [3.63, 3.8) is 0 Å². The Bertz CT molecular complexity index is 981. The van der Waals surface area contributed by atoms with Crippen LogP contribution in [0.3, 0.4) is 0 Å². The molecule has 7 nitrogen and oxygen atoms in total. The lowest BCUT2D eigenvalue weighted by Gasteiger charge is -2.18. The Morgan fingerprint density at radius 2 is 1.72 bits per heavy atom. The third-order valence-electron chi connectivity index (χ3n) is 5.16. The predicted octanol–water partition coefficient (Wildman–Crippen LogP) is 2.94. The lowest BCUT2D eigenvalue weighted by Crippen LogP contribution is -2.31. The summed E-state index contributed by atoms with van der Waals surface area (Å²) in [6.45, 7) is 1.88. The van der Waals surface area contributed by atoms with E-state index in [1.165, 1.54) is 0 Å². The summed E-state index contributed by atoms with van der Waals surface area (Å²) >= 11 is 0. The Kier molecular flexibility index (Phi) is 8.58. The summed E-state index contributed by atoms with van der Waals surface area (Å²) in [5.41, 5.74) is 8.84. The third-order valence-corrected chi connectivity index (χ3v) is 5.16. The van der Waals surface area contributed by atoms with Gasteiger partial charge in [-0.25, -0.2) is 4.98 Å². The quantitative estimate of drug-likeness (QED) is 0.367. The maximum Gasteiger partial charge on any atom is 0.137 e. The highest BCUT2D eigenvalue weighted by atomic mass is 16.5. The predicted molar refractivity (Wildman–Crippen MR) is 125 cm³/mol. The van der Waals surface area contributed by atoms with Crippen molar-refractivity contribution in [1.29, 1.82) is 0 Å². The van der Waals surface area contributed by atoms with Gasteiger partial charge in [0, 0.05) is 19.0 Å². The number of hydrogen-bond acceptors (Lipinski definition) is 6. The molecule has 7 heteroatoms. The fourth-order valence-electron chi connectivity index (χ4n) is 3.40. The van der Waals surface area contributed by atoms with Crippen LogP contribution >= 0.6 is 0 Å². The SMILES string of the molecule is CC(O)c1nccn1C(/C=C/c1ccc(-c2ccc(OCC(N)CO)cc2)cc1)CCO. The van der Waals surface area contributed by atoms with E-state index in [4.69, 9.17) is 15.6 Å². The Hall–Kier alpha value is -2.97. The molecule has 0 aliphatic carbocycles. The van der Waals surface area contributed by atoms with Crippen molar-refractivity contribution < 1.29 is 20.1 Å². The minimum atomic E-state index is -0.679. The monoisotopic (exact) mass is 437 g/mol. The van der Waals surface area contributed by atoms with E-state index in [0.717, 1.165) is 16.7 Å². The van der Waals surface area contributed by atoms with Gasteiger partial charge >= 0.3 is 0 Å². The molecule has 5 N–H and O–H groups in total. The first-order valence-electron chi connectivity index (χ1n) is 10.7. The van der Waals surface area contributed by atoms with Crippen LogP contribution in [0.4, 0.5) is 0 Å². The molecule has 3 atom stereocenters. The van der Waals surface area contributed by atoms with Crippen molar-refractivity contribution >= 4 is 6.08 Å². The molecule has 0 bridgehead atoms. The molecule has 3 rings (SSSR count). The van der Waals surface area contributed by atoms with Gasteiger partial charge < -0.3 is 30.4 Å². The topological polar surface area (TPSA) is 114 Å². The second-order valence-corrected chi connectivity index (χ2v) is 7.71. The number of allylic oxidation sites excluding steroid dienone is 1. The van der Waals surface area contributed by atoms with Crippen LogP contribution in [0.15, 0.2) is 67.0 Å². The van der Waals surface area contributed by atoms with Crippen LogP contribution in [0.5, 0.6) is 5.75 Å². The first kappa shape index (κ1) is 23.7. The van der Waals surface area contributed by atoms with Gasteiger partial charge in [-0.3, -0.25) is 0 Å². The fourth-order valence-corrected chi connectivity index (χ4v) is 3.40. The number of imidazole rings is 1. The van der Waals surface area contributed by atoms with Gasteiger partial charge in [-0.05, 0) is 42.2 Å². The van der Waals surface area contributed by atoms with Crippen molar-refractivity contribution in [2.75, 3.05) is 19.8 Å². The van der Waals surface area contributed by atoms with E-state index in [1.54, 1.807) is 13.1 Å². The molecule has 0 radical (unpaired) electrons. The van der Waals surface area contributed by atoms with Crippen LogP contribution in [0.2, 0.25) is 0 Å². The number of hydrogen-bond donors (Lipinski definition) is 4. The van der Waals surface area contributed by atoms with E-state index >= 15 is 0 Å². The highest BCUT2D eigenvalue weighted by Gasteiger charge is 2.15. The zero-order valence-corrected chi connectivity index (χ0v) is 18.2. The van der Waals surface area contributed by atoms with Crippen LogP contribution < -0.4 is 10.5 Å². The van der Waals surface area contributed by atoms with Crippen molar-refractivity contribution in [2.45, 2.75) is 31.5 Å². The largest absolute Gasteiger partial charge is 0.492 e. The molecular weight excluding hydrogens is 406 g/mol. The van der Waals surface area contributed by atoms with E-state index in [0.29, 0.717) is 18.0 Å². The van der Waals surface area contributed by atoms with Crippen LogP contribution in [0, 0.1) is 0 Å². The minimum absolute atomic E-state index is 0.0387. The number of aliphatic hydroxyl groups is 3. The van der Waals surface area contributed by atoms with Gasteiger partial charge in [0.2, 0.25) is 0 Å². The maximum atomic E-state index is 9.92. The molecule has 32 heavy (non-hydrogen) atoms. The van der Waals surface area contributed by atoms with E-state index in [9.17, 15) is 10.2 Å². The summed E-state index contributed by atoms with van der Waals surface area (Å²) in [6.07, 6.45) is 7.36. The molecule has 0 spiro atoms. The molecule has 1 aromatic heterocycles. The normalized spacial score (nSPS) is 14.4. The maximum absolute atomic E-state index is 9.92. The van der Waals surface area contributed by atoms with E-state index in [1.807, 2.05) is 59.3 Å². The van der Waals surface area contributed by atoms with Gasteiger partial charge in [-0.2, -0.15) is 0 Å². The van der Waals surface area contributed by atoms with Crippen LogP contribution in [0.1, 0.15) is 36.9 Å². The minimum Gasteiger partial charge on any atom is -0.492 e. The molecule has 2 aromatic carbocycles. The second-order valence-electron chi connectivity index (χ2n) is 7.71. The zero-order chi connectivity index (χ0) is 22.9. The number of nitrogens with two attached hydrogens (primary N) is 1. The van der Waals surface area contributed by atoms with Gasteiger partial charge in [0.1, 0.15) is 24.3 Å². The molecule has 0 saturated heterocycles. The zero-order valence-electron chi connectivity index (χ0n) is 18.2. The molecule has 0 aliphatic rings. The van der Waals surface area contributed by atoms with Gasteiger partial charge in [-0.15, -0.1) is 0 Å². The third kappa shape index (κ3) is 6.27. The van der Waals surface area contributed by atoms with Crippen LogP contribution in [-0.2, 0) is 0 Å². The molecule has 0 fully saturated rings. The van der Waals surface area contributed by atoms with Crippen molar-refractivity contribution in [3.05, 3.63) is 78.4 Å². The first-order valence-corrected chi connectivity index (χ1v) is 10.7. The molecular formula is C25H31N3O4. The van der Waals surface area contributed by atoms with E-state index < -0.39 is 6.10 Å². The average molecular weight is 438 g/mol. The fraction of sp³-hybridized carbons (Fsp3) is 0.320. The Morgan fingerprint density at radius 3 is 2.31 bits per heavy atom. The Labute approximate surface area is 188 Å². The van der Waals surface area contributed by atoms with Crippen molar-refractivity contribution in [3.8, 4) is 16.9 Å². The molecule has 0 amide bonds. The summed E-state index contributed by atoms with van der Waals surface area (Å²) in [5, 5.41) is 28.4. The Morgan fingerprint density at radius 1 is 1.06 bits per heavy atom. The van der Waals surface area contributed by atoms with Gasteiger partial charge in [0.25, 0.3) is 0 Å². The first-order chi connectivity index (χ1) is 15.5. The van der Waals surface area contributed by atoms with E-state index in [2.05, 4.69) is 17.1 Å². The lowest BCUT2D eigenvalue weighted by molar-refractivity contribution is 0.179. The number of nitrogens with zero attached hydrogens (tertiary/aromatic N) is 2. The summed E-state index contributed by atoms with van der Waals surface area (Å²) in [5.74, 6) is 1.29. The molecule has 1 heterocycles. The van der Waals surface area contributed by atoms with E-state index in [-0.39, 0.29) is 31.9 Å². The van der Waals surface area contributed by atoms with Gasteiger partial charge in [0.05, 0.1) is 18.7 Å². The van der Waals surface area contributed by atoms with Gasteiger partial charge in [0.15, 0.2) is 0 Å². The van der Waals surface area contributed by atoms with Crippen LogP contribution in [0.25, 0.3) is 17.2 Å². The van der Waals surface area contributed by atoms with Crippen LogP contribution in [-0.4, -0.2) is 50.7 Å². The summed E-state index contributed by atoms with van der Waals surface area (Å²) in [4.78, 5) is 4.22. The van der Waals surface area contributed by atoms with Gasteiger partial charge in [-0.1, -0.05) is 48.6 Å². The standard InChI is InChI=1S/C25H31N3O4/c1-18(31)25-27-13-14-28(25)23(12-15-29)9-4-19-2-5-20(6-3-19)21-7-10-24(11-8-21)32-17-22(26)16-30/h2-11,13-14,18,22-23,29-31H,12,15-17,26H2,1H3/b9-4+. The molecule has 3 aromatic rings. The van der Waals surface area contributed by atoms with Crippen molar-refractivity contribution in [2.24, 2.45) is 5.73 Å². The highest BCUT2D eigenvalue weighted by Crippen LogP contribution is 2.24. The number of aromatic nitrogens is 2. The smallest absolute Gasteiger partial charge is 0.137 e. The number of ether oxygens (including phenoxy) is 1. The molecule has 3 unspecified atom stereocenters. The molecule has 0 saturated carbocycles. The number of benzene rings is 2. The lowest BCUT2D eigenvalue weighted by atomic mass is 10.0. The second kappa shape index (κ2) is 11.6. The summed E-state index contributed by atoms with van der Waals surface area (Å²) in [6, 6.07) is 15.4. The Balaban J connectivity index is 1.68. The number of aliphatic hydroxyl groups excluding tert-OH is 3.